The summed E-state index contributed by atoms with van der Waals surface area (Å²) in [6, 6.07) is 13.6. The molecule has 1 fully saturated rings. The van der Waals surface area contributed by atoms with E-state index >= 15 is 0 Å². The molecule has 9 heteroatoms. The van der Waals surface area contributed by atoms with Crippen molar-refractivity contribution < 1.29 is 33.8 Å². The fraction of sp³-hybridized carbons (Fsp3) is 0.250. The maximum Gasteiger partial charge on any atom is 0.328 e. The number of likely N-dealkylation sites (tertiary alicyclic amines) is 1. The number of imide groups is 1. The number of rotatable bonds is 8. The molecule has 2 aromatic carbocycles. The van der Waals surface area contributed by atoms with Crippen molar-refractivity contribution in [2.45, 2.75) is 25.4 Å². The maximum absolute atomic E-state index is 13.1. The minimum atomic E-state index is -1.29. The third-order valence-electron chi connectivity index (χ3n) is 5.50. The smallest absolute Gasteiger partial charge is 0.328 e. The Morgan fingerprint density at radius 2 is 1.79 bits per heavy atom. The molecule has 9 nitrogen and oxygen atoms in total. The van der Waals surface area contributed by atoms with Gasteiger partial charge in [0.15, 0.2) is 11.5 Å². The SMILES string of the molecule is O=C(O)/C=C/C(=O)N(Cc1ccc2c(c1)OCO2)[C@@H]1CC(=O)N(CCc2ccccc2)C1=O. The average molecular weight is 450 g/mol. The van der Waals surface area contributed by atoms with Gasteiger partial charge in [0.05, 0.1) is 6.42 Å². The van der Waals surface area contributed by atoms with Gasteiger partial charge in [0.25, 0.3) is 5.91 Å². The number of carboxylic acid groups (broad SMARTS) is 1. The summed E-state index contributed by atoms with van der Waals surface area (Å²) in [7, 11) is 0. The van der Waals surface area contributed by atoms with Crippen LogP contribution in [0.5, 0.6) is 11.5 Å². The van der Waals surface area contributed by atoms with E-state index in [4.69, 9.17) is 14.6 Å². The van der Waals surface area contributed by atoms with Crippen LogP contribution in [0.25, 0.3) is 0 Å². The zero-order valence-corrected chi connectivity index (χ0v) is 17.7. The van der Waals surface area contributed by atoms with Crippen LogP contribution in [0.3, 0.4) is 0 Å². The number of nitrogens with zero attached hydrogens (tertiary/aromatic N) is 2. The molecular formula is C24H22N2O7. The second-order valence-electron chi connectivity index (χ2n) is 7.66. The van der Waals surface area contributed by atoms with Crippen molar-refractivity contribution in [1.29, 1.82) is 0 Å². The lowest BCUT2D eigenvalue weighted by molar-refractivity contribution is -0.143. The first-order valence-corrected chi connectivity index (χ1v) is 10.4. The number of carboxylic acids is 1. The number of ether oxygens (including phenoxy) is 2. The predicted molar refractivity (Wildman–Crippen MR) is 115 cm³/mol. The summed E-state index contributed by atoms with van der Waals surface area (Å²) < 4.78 is 10.7. The lowest BCUT2D eigenvalue weighted by Crippen LogP contribution is -2.44. The van der Waals surface area contributed by atoms with Crippen molar-refractivity contribution in [3.63, 3.8) is 0 Å². The van der Waals surface area contributed by atoms with Crippen molar-refractivity contribution in [3.05, 3.63) is 71.8 Å². The normalized spacial score (nSPS) is 17.1. The molecule has 0 bridgehead atoms. The van der Waals surface area contributed by atoms with Crippen molar-refractivity contribution in [2.75, 3.05) is 13.3 Å². The minimum absolute atomic E-state index is 0.00432. The van der Waals surface area contributed by atoms with Gasteiger partial charge >= 0.3 is 5.97 Å². The first kappa shape index (κ1) is 22.1. The number of hydrogen-bond acceptors (Lipinski definition) is 6. The Hall–Kier alpha value is -4.14. The van der Waals surface area contributed by atoms with Crippen LogP contribution in [-0.2, 0) is 32.1 Å². The van der Waals surface area contributed by atoms with Crippen molar-refractivity contribution in [3.8, 4) is 11.5 Å². The Balaban J connectivity index is 1.54. The number of carbonyl (C=O) groups is 4. The van der Waals surface area contributed by atoms with Gasteiger partial charge in [-0.15, -0.1) is 0 Å². The number of fused-ring (bicyclic) bond motifs is 1. The highest BCUT2D eigenvalue weighted by Gasteiger charge is 2.43. The fourth-order valence-electron chi connectivity index (χ4n) is 3.85. The van der Waals surface area contributed by atoms with E-state index < -0.39 is 23.8 Å². The van der Waals surface area contributed by atoms with Gasteiger partial charge < -0.3 is 19.5 Å². The molecule has 1 saturated heterocycles. The number of benzene rings is 2. The summed E-state index contributed by atoms with van der Waals surface area (Å²) in [5, 5.41) is 8.90. The molecule has 4 rings (SSSR count). The zero-order valence-electron chi connectivity index (χ0n) is 17.7. The highest BCUT2D eigenvalue weighted by molar-refractivity contribution is 6.07. The van der Waals surface area contributed by atoms with E-state index in [1.807, 2.05) is 30.3 Å². The number of carbonyl (C=O) groups excluding carboxylic acids is 3. The topological polar surface area (TPSA) is 113 Å². The molecule has 2 aliphatic heterocycles. The predicted octanol–water partition coefficient (Wildman–Crippen LogP) is 1.75. The van der Waals surface area contributed by atoms with Gasteiger partial charge in [0.2, 0.25) is 18.6 Å². The van der Waals surface area contributed by atoms with Crippen LogP contribution < -0.4 is 9.47 Å². The molecule has 170 valence electrons. The monoisotopic (exact) mass is 450 g/mol. The molecule has 1 atom stereocenters. The van der Waals surface area contributed by atoms with Gasteiger partial charge in [-0.25, -0.2) is 4.79 Å². The highest BCUT2D eigenvalue weighted by atomic mass is 16.7. The van der Waals surface area contributed by atoms with Gasteiger partial charge in [0.1, 0.15) is 6.04 Å². The molecule has 2 heterocycles. The quantitative estimate of drug-likeness (QED) is 0.482. The molecule has 2 aromatic rings. The molecule has 0 aromatic heterocycles. The van der Waals surface area contributed by atoms with Crippen LogP contribution >= 0.6 is 0 Å². The summed E-state index contributed by atoms with van der Waals surface area (Å²) in [5.74, 6) is -1.72. The third-order valence-corrected chi connectivity index (χ3v) is 5.50. The summed E-state index contributed by atoms with van der Waals surface area (Å²) in [6.07, 6.45) is 1.94. The number of hydrogen-bond donors (Lipinski definition) is 1. The molecule has 0 saturated carbocycles. The van der Waals surface area contributed by atoms with Gasteiger partial charge in [-0.2, -0.15) is 0 Å². The Bertz CT molecular complexity index is 1110. The van der Waals surface area contributed by atoms with E-state index in [0.717, 1.165) is 11.6 Å². The molecule has 0 aliphatic carbocycles. The summed E-state index contributed by atoms with van der Waals surface area (Å²) in [4.78, 5) is 51.9. The number of amides is 3. The van der Waals surface area contributed by atoms with Crippen LogP contribution in [0, 0.1) is 0 Å². The third kappa shape index (κ3) is 5.03. The number of aliphatic carboxylic acids is 1. The average Bonchev–Trinajstić information content (AvgIpc) is 3.38. The van der Waals surface area contributed by atoms with Gasteiger partial charge in [-0.3, -0.25) is 19.3 Å². The van der Waals surface area contributed by atoms with Crippen molar-refractivity contribution in [2.24, 2.45) is 0 Å². The lowest BCUT2D eigenvalue weighted by atomic mass is 10.1. The van der Waals surface area contributed by atoms with E-state index in [-0.39, 0.29) is 32.2 Å². The molecular weight excluding hydrogens is 428 g/mol. The lowest BCUT2D eigenvalue weighted by Gasteiger charge is -2.27. The van der Waals surface area contributed by atoms with Crippen LogP contribution in [-0.4, -0.2) is 58.0 Å². The van der Waals surface area contributed by atoms with Gasteiger partial charge in [0, 0.05) is 25.2 Å². The van der Waals surface area contributed by atoms with Crippen molar-refractivity contribution >= 4 is 23.7 Å². The van der Waals surface area contributed by atoms with E-state index in [0.29, 0.717) is 29.6 Å². The van der Waals surface area contributed by atoms with Crippen LogP contribution in [0.1, 0.15) is 17.5 Å². The summed E-state index contributed by atoms with van der Waals surface area (Å²) in [6.45, 7) is 0.291. The van der Waals surface area contributed by atoms with Gasteiger partial charge in [-0.1, -0.05) is 36.4 Å². The maximum atomic E-state index is 13.1. The Labute approximate surface area is 189 Å². The Morgan fingerprint density at radius 1 is 1.03 bits per heavy atom. The Morgan fingerprint density at radius 3 is 2.55 bits per heavy atom. The molecule has 0 unspecified atom stereocenters. The minimum Gasteiger partial charge on any atom is -0.478 e. The zero-order chi connectivity index (χ0) is 23.4. The van der Waals surface area contributed by atoms with E-state index in [1.54, 1.807) is 18.2 Å². The van der Waals surface area contributed by atoms with Crippen LogP contribution in [0.4, 0.5) is 0 Å². The first-order valence-electron chi connectivity index (χ1n) is 10.4. The first-order chi connectivity index (χ1) is 15.9. The second-order valence-corrected chi connectivity index (χ2v) is 7.66. The van der Waals surface area contributed by atoms with Crippen molar-refractivity contribution in [1.82, 2.24) is 9.80 Å². The summed E-state index contributed by atoms with van der Waals surface area (Å²) in [5.41, 5.74) is 1.64. The van der Waals surface area contributed by atoms with E-state index in [9.17, 15) is 19.2 Å². The molecule has 3 amide bonds. The second kappa shape index (κ2) is 9.56. The molecule has 0 radical (unpaired) electrons. The van der Waals surface area contributed by atoms with E-state index in [2.05, 4.69) is 0 Å². The standard InChI is InChI=1S/C24H22N2O7/c27-21(8-9-23(29)30)26(14-17-6-7-19-20(12-17)33-15-32-19)18-13-22(28)25(24(18)31)11-10-16-4-2-1-3-5-16/h1-9,12,18H,10-11,13-15H2,(H,29,30)/b9-8+/t18-/m1/s1. The largest absolute Gasteiger partial charge is 0.478 e. The fourth-order valence-corrected chi connectivity index (χ4v) is 3.85. The summed E-state index contributed by atoms with van der Waals surface area (Å²) >= 11 is 0. The van der Waals surface area contributed by atoms with E-state index in [1.165, 1.54) is 9.80 Å². The molecule has 0 spiro atoms. The Kier molecular flexibility index (Phi) is 6.39. The van der Waals surface area contributed by atoms with Crippen LogP contribution in [0.15, 0.2) is 60.7 Å². The highest BCUT2D eigenvalue weighted by Crippen LogP contribution is 2.33. The van der Waals surface area contributed by atoms with Crippen LogP contribution in [0.2, 0.25) is 0 Å². The van der Waals surface area contributed by atoms with Gasteiger partial charge in [-0.05, 0) is 29.7 Å². The molecule has 2 aliphatic rings. The molecule has 33 heavy (non-hydrogen) atoms. The molecule has 1 N–H and O–H groups in total.